The van der Waals surface area contributed by atoms with E-state index in [0.717, 1.165) is 16.7 Å². The Balaban J connectivity index is 2.32. The normalized spacial score (nSPS) is 11.7. The number of rotatable bonds is 5. The molecule has 0 heterocycles. The number of carboxylic acid groups (broad SMARTS) is 1. The minimum Gasteiger partial charge on any atom is -0.480 e. The summed E-state index contributed by atoms with van der Waals surface area (Å²) in [5, 5.41) is 11.7. The van der Waals surface area contributed by atoms with Crippen LogP contribution in [0.3, 0.4) is 0 Å². The third kappa shape index (κ3) is 3.92. The first-order valence-corrected chi connectivity index (χ1v) is 6.71. The summed E-state index contributed by atoms with van der Waals surface area (Å²) in [5.41, 5.74) is 2.90. The van der Waals surface area contributed by atoms with Gasteiger partial charge in [-0.3, -0.25) is 4.79 Å². The summed E-state index contributed by atoms with van der Waals surface area (Å²) in [4.78, 5) is 22.4. The molecule has 0 saturated heterocycles. The quantitative estimate of drug-likeness (QED) is 0.886. The standard InChI is InChI=1S/C17H17NO3/c1-12(19)18-16(17(20)21)11-14-9-5-6-10-15(14)13-7-3-2-4-8-13/h2-10,16H,11H2,1H3,(H,18,19)(H,20,21)/t16-/m0/s1. The highest BCUT2D eigenvalue weighted by molar-refractivity contribution is 5.82. The molecule has 1 atom stereocenters. The van der Waals surface area contributed by atoms with Gasteiger partial charge in [-0.05, 0) is 16.7 Å². The Morgan fingerprint density at radius 3 is 2.29 bits per heavy atom. The number of amides is 1. The fourth-order valence-electron chi connectivity index (χ4n) is 2.26. The minimum atomic E-state index is -1.03. The molecule has 4 nitrogen and oxygen atoms in total. The van der Waals surface area contributed by atoms with Crippen LogP contribution in [0, 0.1) is 0 Å². The maximum Gasteiger partial charge on any atom is 0.326 e. The monoisotopic (exact) mass is 283 g/mol. The van der Waals surface area contributed by atoms with Crippen LogP contribution in [-0.4, -0.2) is 23.0 Å². The van der Waals surface area contributed by atoms with Gasteiger partial charge in [0.2, 0.25) is 5.91 Å². The molecule has 1 amide bonds. The molecule has 0 aliphatic carbocycles. The molecule has 0 unspecified atom stereocenters. The summed E-state index contributed by atoms with van der Waals surface area (Å²) >= 11 is 0. The molecule has 0 saturated carbocycles. The van der Waals surface area contributed by atoms with Crippen molar-refractivity contribution < 1.29 is 14.7 Å². The maximum absolute atomic E-state index is 11.3. The van der Waals surface area contributed by atoms with Crippen molar-refractivity contribution in [1.29, 1.82) is 0 Å². The molecule has 2 N–H and O–H groups in total. The Kier molecular flexibility index (Phi) is 4.72. The highest BCUT2D eigenvalue weighted by Gasteiger charge is 2.20. The number of carbonyl (C=O) groups excluding carboxylic acids is 1. The molecule has 2 aromatic rings. The van der Waals surface area contributed by atoms with Crippen molar-refractivity contribution in [3.05, 3.63) is 60.2 Å². The predicted octanol–water partition coefficient (Wildman–Crippen LogP) is 2.49. The first kappa shape index (κ1) is 14.8. The van der Waals surface area contributed by atoms with Gasteiger partial charge in [0.15, 0.2) is 0 Å². The SMILES string of the molecule is CC(=O)N[C@@H](Cc1ccccc1-c1ccccc1)C(=O)O. The number of nitrogens with one attached hydrogen (secondary N) is 1. The Morgan fingerprint density at radius 2 is 1.67 bits per heavy atom. The van der Waals surface area contributed by atoms with Gasteiger partial charge in [0, 0.05) is 13.3 Å². The summed E-state index contributed by atoms with van der Waals surface area (Å²) in [5.74, 6) is -1.38. The van der Waals surface area contributed by atoms with E-state index in [9.17, 15) is 14.7 Å². The second-order valence-corrected chi connectivity index (χ2v) is 4.82. The molecular formula is C17H17NO3. The molecule has 0 fully saturated rings. The van der Waals surface area contributed by atoms with Crippen LogP contribution in [0.2, 0.25) is 0 Å². The van der Waals surface area contributed by atoms with E-state index in [-0.39, 0.29) is 12.3 Å². The van der Waals surface area contributed by atoms with Crippen LogP contribution in [-0.2, 0) is 16.0 Å². The molecule has 0 aromatic heterocycles. The van der Waals surface area contributed by atoms with Crippen molar-refractivity contribution in [3.8, 4) is 11.1 Å². The average Bonchev–Trinajstić information content (AvgIpc) is 2.47. The molecule has 21 heavy (non-hydrogen) atoms. The third-order valence-electron chi connectivity index (χ3n) is 3.20. The number of hydrogen-bond donors (Lipinski definition) is 2. The molecule has 2 rings (SSSR count). The second-order valence-electron chi connectivity index (χ2n) is 4.82. The van der Waals surface area contributed by atoms with Gasteiger partial charge in [0.1, 0.15) is 6.04 Å². The zero-order valence-electron chi connectivity index (χ0n) is 11.7. The van der Waals surface area contributed by atoms with Crippen molar-refractivity contribution >= 4 is 11.9 Å². The van der Waals surface area contributed by atoms with Crippen molar-refractivity contribution in [2.24, 2.45) is 0 Å². The summed E-state index contributed by atoms with van der Waals surface area (Å²) in [6.45, 7) is 1.32. The van der Waals surface area contributed by atoms with E-state index < -0.39 is 12.0 Å². The topological polar surface area (TPSA) is 66.4 Å². The molecule has 0 radical (unpaired) electrons. The number of carboxylic acids is 1. The van der Waals surface area contributed by atoms with Gasteiger partial charge in [-0.2, -0.15) is 0 Å². The van der Waals surface area contributed by atoms with E-state index in [1.807, 2.05) is 54.6 Å². The van der Waals surface area contributed by atoms with E-state index in [2.05, 4.69) is 5.32 Å². The van der Waals surface area contributed by atoms with Crippen molar-refractivity contribution in [1.82, 2.24) is 5.32 Å². The van der Waals surface area contributed by atoms with E-state index in [0.29, 0.717) is 0 Å². The second kappa shape index (κ2) is 6.70. The van der Waals surface area contributed by atoms with Gasteiger partial charge in [0.05, 0.1) is 0 Å². The van der Waals surface area contributed by atoms with Crippen LogP contribution >= 0.6 is 0 Å². The average molecular weight is 283 g/mol. The van der Waals surface area contributed by atoms with Crippen LogP contribution < -0.4 is 5.32 Å². The van der Waals surface area contributed by atoms with Crippen LogP contribution in [0.15, 0.2) is 54.6 Å². The van der Waals surface area contributed by atoms with Crippen LogP contribution in [0.25, 0.3) is 11.1 Å². The summed E-state index contributed by atoms with van der Waals surface area (Å²) in [6, 6.07) is 16.5. The lowest BCUT2D eigenvalue weighted by Gasteiger charge is -2.16. The van der Waals surface area contributed by atoms with Gasteiger partial charge in [-0.15, -0.1) is 0 Å². The number of benzene rings is 2. The highest BCUT2D eigenvalue weighted by atomic mass is 16.4. The predicted molar refractivity (Wildman–Crippen MR) is 80.8 cm³/mol. The van der Waals surface area contributed by atoms with Crippen molar-refractivity contribution in [3.63, 3.8) is 0 Å². The molecule has 4 heteroatoms. The Bertz CT molecular complexity index is 637. The molecule has 0 aliphatic heterocycles. The molecular weight excluding hydrogens is 266 g/mol. The minimum absolute atomic E-state index is 0.250. The molecule has 0 aliphatic rings. The maximum atomic E-state index is 11.3. The fraction of sp³-hybridized carbons (Fsp3) is 0.176. The number of aliphatic carboxylic acids is 1. The van der Waals surface area contributed by atoms with Gasteiger partial charge in [0.25, 0.3) is 0 Å². The third-order valence-corrected chi connectivity index (χ3v) is 3.20. The van der Waals surface area contributed by atoms with E-state index in [4.69, 9.17) is 0 Å². The number of hydrogen-bond acceptors (Lipinski definition) is 2. The molecule has 2 aromatic carbocycles. The Morgan fingerprint density at radius 1 is 1.05 bits per heavy atom. The Labute approximate surface area is 123 Å². The highest BCUT2D eigenvalue weighted by Crippen LogP contribution is 2.24. The zero-order valence-corrected chi connectivity index (χ0v) is 11.7. The lowest BCUT2D eigenvalue weighted by Crippen LogP contribution is -2.41. The van der Waals surface area contributed by atoms with Crippen molar-refractivity contribution in [2.75, 3.05) is 0 Å². The lowest BCUT2D eigenvalue weighted by molar-refractivity contribution is -0.141. The Hall–Kier alpha value is -2.62. The summed E-state index contributed by atoms with van der Waals surface area (Å²) in [6.07, 6.45) is 0.250. The van der Waals surface area contributed by atoms with Crippen LogP contribution in [0.5, 0.6) is 0 Å². The van der Waals surface area contributed by atoms with E-state index >= 15 is 0 Å². The van der Waals surface area contributed by atoms with Crippen LogP contribution in [0.1, 0.15) is 12.5 Å². The zero-order chi connectivity index (χ0) is 15.2. The van der Waals surface area contributed by atoms with Gasteiger partial charge in [-0.1, -0.05) is 54.6 Å². The first-order valence-electron chi connectivity index (χ1n) is 6.71. The fourth-order valence-corrected chi connectivity index (χ4v) is 2.26. The van der Waals surface area contributed by atoms with Crippen molar-refractivity contribution in [2.45, 2.75) is 19.4 Å². The van der Waals surface area contributed by atoms with Gasteiger partial charge in [-0.25, -0.2) is 4.79 Å². The van der Waals surface area contributed by atoms with Gasteiger partial charge < -0.3 is 10.4 Å². The number of carbonyl (C=O) groups is 2. The molecule has 108 valence electrons. The van der Waals surface area contributed by atoms with Gasteiger partial charge >= 0.3 is 5.97 Å². The smallest absolute Gasteiger partial charge is 0.326 e. The van der Waals surface area contributed by atoms with E-state index in [1.165, 1.54) is 6.92 Å². The summed E-state index contributed by atoms with van der Waals surface area (Å²) < 4.78 is 0. The van der Waals surface area contributed by atoms with Crippen LogP contribution in [0.4, 0.5) is 0 Å². The lowest BCUT2D eigenvalue weighted by atomic mass is 9.95. The largest absolute Gasteiger partial charge is 0.480 e. The molecule has 0 spiro atoms. The summed E-state index contributed by atoms with van der Waals surface area (Å²) in [7, 11) is 0. The van der Waals surface area contributed by atoms with E-state index in [1.54, 1.807) is 0 Å². The molecule has 0 bridgehead atoms. The first-order chi connectivity index (χ1) is 10.1.